The van der Waals surface area contributed by atoms with E-state index in [9.17, 15) is 9.90 Å². The normalized spacial score (nSPS) is 11.1. The number of hydrogen-bond donors (Lipinski definition) is 1. The number of fused-ring (bicyclic) bond motifs is 2. The molecule has 0 unspecified atom stereocenters. The van der Waals surface area contributed by atoms with Crippen LogP contribution in [0.3, 0.4) is 0 Å². The van der Waals surface area contributed by atoms with Gasteiger partial charge < -0.3 is 14.6 Å². The molecule has 0 atom stereocenters. The van der Waals surface area contributed by atoms with Gasteiger partial charge in [-0.25, -0.2) is 9.78 Å². The summed E-state index contributed by atoms with van der Waals surface area (Å²) in [6, 6.07) is 21.2. The van der Waals surface area contributed by atoms with Gasteiger partial charge >= 0.3 is 5.97 Å². The number of carboxylic acids is 1. The van der Waals surface area contributed by atoms with E-state index in [0.29, 0.717) is 22.3 Å². The number of aryl methyl sites for hydroxylation is 2. The van der Waals surface area contributed by atoms with Crippen molar-refractivity contribution in [3.05, 3.63) is 89.0 Å². The summed E-state index contributed by atoms with van der Waals surface area (Å²) >= 11 is 1.63. The van der Waals surface area contributed by atoms with Crippen molar-refractivity contribution in [1.82, 2.24) is 4.98 Å². The second-order valence-electron chi connectivity index (χ2n) is 8.16. The van der Waals surface area contributed by atoms with Gasteiger partial charge in [0.1, 0.15) is 18.1 Å². The first kappa shape index (κ1) is 21.9. The Morgan fingerprint density at radius 1 is 1.03 bits per heavy atom. The van der Waals surface area contributed by atoms with E-state index in [0.717, 1.165) is 37.4 Å². The summed E-state index contributed by atoms with van der Waals surface area (Å²) in [4.78, 5) is 18.3. The number of thiophene rings is 1. The summed E-state index contributed by atoms with van der Waals surface area (Å²) < 4.78 is 12.6. The Morgan fingerprint density at radius 2 is 1.85 bits per heavy atom. The fourth-order valence-corrected chi connectivity index (χ4v) is 5.36. The van der Waals surface area contributed by atoms with Gasteiger partial charge in [0.05, 0.1) is 34.1 Å². The molecule has 0 amide bonds. The molecule has 0 saturated heterocycles. The first-order valence-corrected chi connectivity index (χ1v) is 11.7. The maximum Gasteiger partial charge on any atom is 0.336 e. The Hall–Kier alpha value is -3.90. The molecule has 0 fully saturated rings. The number of methoxy groups -OCH3 is 1. The lowest BCUT2D eigenvalue weighted by Gasteiger charge is -2.14. The zero-order valence-electron chi connectivity index (χ0n) is 19.1. The molecule has 0 bridgehead atoms. The second-order valence-corrected chi connectivity index (χ2v) is 9.21. The second kappa shape index (κ2) is 8.80. The van der Waals surface area contributed by atoms with Crippen molar-refractivity contribution in [3.63, 3.8) is 0 Å². The molecule has 1 N–H and O–H groups in total. The number of carboxylic acid groups (broad SMARTS) is 1. The molecule has 0 spiro atoms. The monoisotopic (exact) mass is 469 g/mol. The van der Waals surface area contributed by atoms with E-state index in [-0.39, 0.29) is 12.2 Å². The molecule has 0 aliphatic rings. The highest BCUT2D eigenvalue weighted by atomic mass is 32.1. The van der Waals surface area contributed by atoms with Crippen molar-refractivity contribution in [2.75, 3.05) is 7.11 Å². The lowest BCUT2D eigenvalue weighted by Crippen LogP contribution is -2.04. The fraction of sp³-hybridized carbons (Fsp3) is 0.143. The van der Waals surface area contributed by atoms with Gasteiger partial charge in [-0.3, -0.25) is 0 Å². The summed E-state index contributed by atoms with van der Waals surface area (Å²) in [6.07, 6.45) is 0. The van der Waals surface area contributed by atoms with E-state index in [1.807, 2.05) is 55.5 Å². The van der Waals surface area contributed by atoms with Crippen LogP contribution in [0.4, 0.5) is 0 Å². The van der Waals surface area contributed by atoms with Gasteiger partial charge in [-0.2, -0.15) is 0 Å². The summed E-state index contributed by atoms with van der Waals surface area (Å²) in [5.74, 6) is 0.225. The van der Waals surface area contributed by atoms with Crippen LogP contribution in [0, 0.1) is 13.8 Å². The molecule has 34 heavy (non-hydrogen) atoms. The van der Waals surface area contributed by atoms with Crippen molar-refractivity contribution in [2.45, 2.75) is 20.5 Å². The molecule has 0 radical (unpaired) electrons. The molecule has 0 aliphatic carbocycles. The first-order valence-electron chi connectivity index (χ1n) is 10.9. The maximum atomic E-state index is 12.4. The van der Waals surface area contributed by atoms with Gasteiger partial charge in [0, 0.05) is 4.70 Å². The minimum Gasteiger partial charge on any atom is -0.497 e. The standard InChI is InChI=1S/C28H23NO4S/c1-16-11-12-23(33-15-18-7-6-8-19(13-18)32-3)25-21(28(30)31)14-22(29-26(16)25)27-17(2)20-9-4-5-10-24(20)34-27/h4-14H,15H2,1-3H3,(H,30,31). The highest BCUT2D eigenvalue weighted by Crippen LogP contribution is 2.40. The Labute approximate surface area is 201 Å². The van der Waals surface area contributed by atoms with Gasteiger partial charge in [0.2, 0.25) is 0 Å². The van der Waals surface area contributed by atoms with Crippen LogP contribution in [-0.2, 0) is 6.61 Å². The number of rotatable bonds is 6. The average Bonchev–Trinajstić information content (AvgIpc) is 3.19. The molecule has 170 valence electrons. The highest BCUT2D eigenvalue weighted by molar-refractivity contribution is 7.22. The molecule has 6 heteroatoms. The topological polar surface area (TPSA) is 68.7 Å². The van der Waals surface area contributed by atoms with Crippen molar-refractivity contribution < 1.29 is 19.4 Å². The number of nitrogens with zero attached hydrogens (tertiary/aromatic N) is 1. The van der Waals surface area contributed by atoms with E-state index in [4.69, 9.17) is 14.5 Å². The molecule has 0 saturated carbocycles. The van der Waals surface area contributed by atoms with E-state index in [1.165, 1.54) is 0 Å². The third kappa shape index (κ3) is 3.86. The Kier molecular flexibility index (Phi) is 5.67. The predicted octanol–water partition coefficient (Wildman–Crippen LogP) is 7.02. The lowest BCUT2D eigenvalue weighted by atomic mass is 10.0. The molecule has 5 rings (SSSR count). The van der Waals surface area contributed by atoms with Gasteiger partial charge in [-0.05, 0) is 66.3 Å². The Balaban J connectivity index is 1.64. The third-order valence-corrected chi connectivity index (χ3v) is 7.25. The average molecular weight is 470 g/mol. The molecule has 0 aliphatic heterocycles. The van der Waals surface area contributed by atoms with Crippen molar-refractivity contribution in [3.8, 4) is 22.1 Å². The van der Waals surface area contributed by atoms with Crippen LogP contribution in [0.1, 0.15) is 27.0 Å². The SMILES string of the molecule is COc1cccc(COc2ccc(C)c3nc(-c4sc5ccccc5c4C)cc(C(=O)O)c23)c1. The van der Waals surface area contributed by atoms with Crippen LogP contribution < -0.4 is 9.47 Å². The Bertz CT molecular complexity index is 1550. The van der Waals surface area contributed by atoms with Gasteiger partial charge in [0.15, 0.2) is 0 Å². The number of aromatic carboxylic acids is 1. The molecule has 5 aromatic rings. The highest BCUT2D eigenvalue weighted by Gasteiger charge is 2.20. The summed E-state index contributed by atoms with van der Waals surface area (Å²) in [7, 11) is 1.62. The van der Waals surface area contributed by atoms with E-state index in [2.05, 4.69) is 19.1 Å². The van der Waals surface area contributed by atoms with E-state index < -0.39 is 5.97 Å². The number of pyridine rings is 1. The number of hydrogen-bond acceptors (Lipinski definition) is 5. The number of carbonyl (C=O) groups is 1. The molecular weight excluding hydrogens is 446 g/mol. The largest absolute Gasteiger partial charge is 0.497 e. The zero-order valence-corrected chi connectivity index (χ0v) is 19.9. The van der Waals surface area contributed by atoms with Crippen LogP contribution in [0.5, 0.6) is 11.5 Å². The van der Waals surface area contributed by atoms with Crippen LogP contribution >= 0.6 is 11.3 Å². The molecule has 2 aromatic heterocycles. The summed E-state index contributed by atoms with van der Waals surface area (Å²) in [5.41, 5.74) is 4.40. The van der Waals surface area contributed by atoms with Crippen LogP contribution in [0.25, 0.3) is 31.6 Å². The number of aromatic nitrogens is 1. The van der Waals surface area contributed by atoms with Crippen LogP contribution in [0.15, 0.2) is 66.7 Å². The molecule has 5 nitrogen and oxygen atoms in total. The summed E-state index contributed by atoms with van der Waals surface area (Å²) in [5, 5.41) is 11.8. The Morgan fingerprint density at radius 3 is 2.62 bits per heavy atom. The van der Waals surface area contributed by atoms with Gasteiger partial charge in [-0.15, -0.1) is 11.3 Å². The van der Waals surface area contributed by atoms with Crippen molar-refractivity contribution in [1.29, 1.82) is 0 Å². The van der Waals surface area contributed by atoms with Crippen LogP contribution in [0.2, 0.25) is 0 Å². The fourth-order valence-electron chi connectivity index (χ4n) is 4.19. The quantitative estimate of drug-likeness (QED) is 0.289. The van der Waals surface area contributed by atoms with Crippen LogP contribution in [-0.4, -0.2) is 23.2 Å². The maximum absolute atomic E-state index is 12.4. The molecule has 3 aromatic carbocycles. The number of benzene rings is 3. The smallest absolute Gasteiger partial charge is 0.336 e. The van der Waals surface area contributed by atoms with Crippen molar-refractivity contribution in [2.24, 2.45) is 0 Å². The third-order valence-electron chi connectivity index (χ3n) is 5.96. The summed E-state index contributed by atoms with van der Waals surface area (Å²) in [6.45, 7) is 4.28. The lowest BCUT2D eigenvalue weighted by molar-refractivity contribution is 0.0698. The van der Waals surface area contributed by atoms with Gasteiger partial charge in [-0.1, -0.05) is 36.4 Å². The molecular formula is C28H23NO4S. The minimum atomic E-state index is -1.01. The number of ether oxygens (including phenoxy) is 2. The first-order chi connectivity index (χ1) is 16.5. The van der Waals surface area contributed by atoms with Crippen molar-refractivity contribution >= 4 is 38.3 Å². The van der Waals surface area contributed by atoms with E-state index in [1.54, 1.807) is 24.5 Å². The van der Waals surface area contributed by atoms with Gasteiger partial charge in [0.25, 0.3) is 0 Å². The predicted molar refractivity (Wildman–Crippen MR) is 136 cm³/mol. The zero-order chi connectivity index (χ0) is 23.8. The minimum absolute atomic E-state index is 0.182. The molecule has 2 heterocycles. The van der Waals surface area contributed by atoms with E-state index >= 15 is 0 Å².